The second kappa shape index (κ2) is 5.48. The largest absolute Gasteiger partial charge is 0.477 e. The Bertz CT molecular complexity index is 479. The molecule has 1 atom stereocenters. The molecule has 0 bridgehead atoms. The Morgan fingerprint density at radius 3 is 3.00 bits per heavy atom. The molecule has 3 N–H and O–H groups in total. The molecule has 18 heavy (non-hydrogen) atoms. The molecule has 1 aromatic rings. The Morgan fingerprint density at radius 2 is 2.33 bits per heavy atom. The Kier molecular flexibility index (Phi) is 3.76. The normalized spacial score (nSPS) is 18.6. The fourth-order valence-electron chi connectivity index (χ4n) is 1.99. The molecule has 0 aromatic carbocycles. The van der Waals surface area contributed by atoms with E-state index in [0.717, 1.165) is 19.3 Å². The molecule has 6 nitrogen and oxygen atoms in total. The van der Waals surface area contributed by atoms with Crippen molar-refractivity contribution in [2.45, 2.75) is 19.3 Å². The molecule has 1 heterocycles. The lowest BCUT2D eigenvalue weighted by Gasteiger charge is -2.17. The summed E-state index contributed by atoms with van der Waals surface area (Å²) in [5.41, 5.74) is -0.232. The van der Waals surface area contributed by atoms with Gasteiger partial charge in [-0.05, 0) is 25.2 Å². The summed E-state index contributed by atoms with van der Waals surface area (Å²) in [6, 6.07) is 0. The summed E-state index contributed by atoms with van der Waals surface area (Å²) in [6.45, 7) is 0.551. The molecular weight excluding hydrogens is 234 g/mol. The SMILES string of the molecule is O=C(NCC1CC=CCC1)c1nc[nH]c1C(=O)O. The van der Waals surface area contributed by atoms with Gasteiger partial charge in [0.1, 0.15) is 0 Å². The number of nitrogens with zero attached hydrogens (tertiary/aromatic N) is 1. The van der Waals surface area contributed by atoms with E-state index in [1.807, 2.05) is 0 Å². The topological polar surface area (TPSA) is 95.1 Å². The molecular formula is C12H15N3O3. The van der Waals surface area contributed by atoms with E-state index in [2.05, 4.69) is 27.4 Å². The van der Waals surface area contributed by atoms with Crippen LogP contribution >= 0.6 is 0 Å². The zero-order chi connectivity index (χ0) is 13.0. The highest BCUT2D eigenvalue weighted by Crippen LogP contribution is 2.17. The number of allylic oxidation sites excluding steroid dienone is 2. The van der Waals surface area contributed by atoms with Gasteiger partial charge in [-0.2, -0.15) is 0 Å². The number of carboxylic acids is 1. The Balaban J connectivity index is 1.93. The van der Waals surface area contributed by atoms with Gasteiger partial charge in [-0.15, -0.1) is 0 Å². The van der Waals surface area contributed by atoms with Crippen LogP contribution in [0.1, 0.15) is 40.2 Å². The van der Waals surface area contributed by atoms with E-state index in [4.69, 9.17) is 5.11 Å². The number of aromatic carboxylic acids is 1. The number of aromatic amines is 1. The van der Waals surface area contributed by atoms with E-state index in [1.54, 1.807) is 0 Å². The van der Waals surface area contributed by atoms with Crippen molar-refractivity contribution in [2.24, 2.45) is 5.92 Å². The molecule has 1 unspecified atom stereocenters. The first-order chi connectivity index (χ1) is 8.68. The molecule has 0 saturated carbocycles. The molecule has 2 rings (SSSR count). The van der Waals surface area contributed by atoms with E-state index in [1.165, 1.54) is 6.33 Å². The van der Waals surface area contributed by atoms with Crippen LogP contribution in [0.3, 0.4) is 0 Å². The minimum atomic E-state index is -1.18. The summed E-state index contributed by atoms with van der Waals surface area (Å²) < 4.78 is 0. The van der Waals surface area contributed by atoms with Crippen LogP contribution in [0.15, 0.2) is 18.5 Å². The van der Waals surface area contributed by atoms with Gasteiger partial charge in [0, 0.05) is 6.54 Å². The van der Waals surface area contributed by atoms with Crippen molar-refractivity contribution < 1.29 is 14.7 Å². The average Bonchev–Trinajstić information content (AvgIpc) is 2.86. The maximum Gasteiger partial charge on any atom is 0.354 e. The predicted octanol–water partition coefficient (Wildman–Crippen LogP) is 1.19. The van der Waals surface area contributed by atoms with Crippen LogP contribution in [0.4, 0.5) is 0 Å². The van der Waals surface area contributed by atoms with Crippen molar-refractivity contribution in [1.29, 1.82) is 0 Å². The molecule has 1 aliphatic rings. The first kappa shape index (κ1) is 12.3. The molecule has 1 amide bonds. The zero-order valence-electron chi connectivity index (χ0n) is 9.85. The minimum absolute atomic E-state index is 0.0612. The van der Waals surface area contributed by atoms with Crippen molar-refractivity contribution in [3.63, 3.8) is 0 Å². The van der Waals surface area contributed by atoms with Crippen LogP contribution in [0, 0.1) is 5.92 Å². The van der Waals surface area contributed by atoms with Crippen molar-refractivity contribution in [2.75, 3.05) is 6.54 Å². The van der Waals surface area contributed by atoms with Gasteiger partial charge in [-0.3, -0.25) is 4.79 Å². The first-order valence-electron chi connectivity index (χ1n) is 5.88. The monoisotopic (exact) mass is 249 g/mol. The fraction of sp³-hybridized carbons (Fsp3) is 0.417. The first-order valence-corrected chi connectivity index (χ1v) is 5.88. The second-order valence-corrected chi connectivity index (χ2v) is 4.29. The number of aromatic nitrogens is 2. The summed E-state index contributed by atoms with van der Waals surface area (Å²) in [5, 5.41) is 11.6. The number of H-pyrrole nitrogens is 1. The van der Waals surface area contributed by atoms with Crippen molar-refractivity contribution in [3.8, 4) is 0 Å². The summed E-state index contributed by atoms with van der Waals surface area (Å²) in [7, 11) is 0. The molecule has 0 radical (unpaired) electrons. The smallest absolute Gasteiger partial charge is 0.354 e. The molecule has 0 fully saturated rings. The third-order valence-corrected chi connectivity index (χ3v) is 3.00. The van der Waals surface area contributed by atoms with Crippen LogP contribution in [-0.2, 0) is 0 Å². The van der Waals surface area contributed by atoms with Crippen LogP contribution < -0.4 is 5.32 Å². The van der Waals surface area contributed by atoms with Gasteiger partial charge in [0.2, 0.25) is 0 Å². The third-order valence-electron chi connectivity index (χ3n) is 3.00. The number of amides is 1. The van der Waals surface area contributed by atoms with Gasteiger partial charge in [-0.1, -0.05) is 12.2 Å². The molecule has 6 heteroatoms. The van der Waals surface area contributed by atoms with Crippen LogP contribution in [-0.4, -0.2) is 33.5 Å². The van der Waals surface area contributed by atoms with Gasteiger partial charge in [-0.25, -0.2) is 9.78 Å². The third kappa shape index (κ3) is 2.77. The molecule has 1 aliphatic carbocycles. The fourth-order valence-corrected chi connectivity index (χ4v) is 1.99. The molecule has 96 valence electrons. The summed E-state index contributed by atoms with van der Waals surface area (Å²) in [4.78, 5) is 28.8. The standard InChI is InChI=1S/C12H15N3O3/c16-11(9-10(12(17)18)15-7-14-9)13-6-8-4-2-1-3-5-8/h1-2,7-8H,3-6H2,(H,13,16)(H,14,15)(H,17,18). The van der Waals surface area contributed by atoms with E-state index in [9.17, 15) is 9.59 Å². The van der Waals surface area contributed by atoms with E-state index < -0.39 is 11.9 Å². The minimum Gasteiger partial charge on any atom is -0.477 e. The number of carbonyl (C=O) groups is 2. The lowest BCUT2D eigenvalue weighted by Crippen LogP contribution is -2.31. The van der Waals surface area contributed by atoms with Gasteiger partial charge in [0.05, 0.1) is 6.33 Å². The molecule has 0 spiro atoms. The van der Waals surface area contributed by atoms with Gasteiger partial charge >= 0.3 is 5.97 Å². The molecule has 0 aliphatic heterocycles. The van der Waals surface area contributed by atoms with Crippen molar-refractivity contribution >= 4 is 11.9 Å². The number of hydrogen-bond acceptors (Lipinski definition) is 3. The second-order valence-electron chi connectivity index (χ2n) is 4.29. The maximum atomic E-state index is 11.8. The van der Waals surface area contributed by atoms with Gasteiger partial charge < -0.3 is 15.4 Å². The Morgan fingerprint density at radius 1 is 1.50 bits per heavy atom. The van der Waals surface area contributed by atoms with Gasteiger partial charge in [0.25, 0.3) is 5.91 Å². The van der Waals surface area contributed by atoms with E-state index >= 15 is 0 Å². The lowest BCUT2D eigenvalue weighted by molar-refractivity contribution is 0.0685. The van der Waals surface area contributed by atoms with E-state index in [0.29, 0.717) is 12.5 Å². The van der Waals surface area contributed by atoms with Crippen LogP contribution in [0.5, 0.6) is 0 Å². The lowest BCUT2D eigenvalue weighted by atomic mass is 9.94. The van der Waals surface area contributed by atoms with Crippen molar-refractivity contribution in [3.05, 3.63) is 29.9 Å². The maximum absolute atomic E-state index is 11.8. The number of hydrogen-bond donors (Lipinski definition) is 3. The van der Waals surface area contributed by atoms with Crippen molar-refractivity contribution in [1.82, 2.24) is 15.3 Å². The van der Waals surface area contributed by atoms with E-state index in [-0.39, 0.29) is 11.4 Å². The highest BCUT2D eigenvalue weighted by Gasteiger charge is 2.20. The summed E-state index contributed by atoms with van der Waals surface area (Å²) in [6.07, 6.45) is 8.48. The van der Waals surface area contributed by atoms with Gasteiger partial charge in [0.15, 0.2) is 11.4 Å². The molecule has 0 saturated heterocycles. The predicted molar refractivity (Wildman–Crippen MR) is 64.4 cm³/mol. The van der Waals surface area contributed by atoms with Crippen LogP contribution in [0.25, 0.3) is 0 Å². The van der Waals surface area contributed by atoms with Crippen LogP contribution in [0.2, 0.25) is 0 Å². The average molecular weight is 249 g/mol. The summed E-state index contributed by atoms with van der Waals surface area (Å²) >= 11 is 0. The number of carboxylic acid groups (broad SMARTS) is 1. The number of imidazole rings is 1. The zero-order valence-corrected chi connectivity index (χ0v) is 9.85. The number of carbonyl (C=O) groups excluding carboxylic acids is 1. The summed E-state index contributed by atoms with van der Waals surface area (Å²) in [5.74, 6) is -1.20. The number of rotatable bonds is 4. The number of nitrogens with one attached hydrogen (secondary N) is 2. The molecule has 1 aromatic heterocycles. The highest BCUT2D eigenvalue weighted by molar-refractivity contribution is 6.02. The highest BCUT2D eigenvalue weighted by atomic mass is 16.4. The Labute approximate surface area is 104 Å². The quantitative estimate of drug-likeness (QED) is 0.698. The Hall–Kier alpha value is -2.11.